The molecule has 0 bridgehead atoms. The molecule has 0 spiro atoms. The van der Waals surface area contributed by atoms with Gasteiger partial charge in [0.2, 0.25) is 6.10 Å². The van der Waals surface area contributed by atoms with Crippen molar-refractivity contribution in [1.82, 2.24) is 10.6 Å². The zero-order valence-corrected chi connectivity index (χ0v) is 16.9. The lowest BCUT2D eigenvalue weighted by atomic mass is 10.0. The molecule has 7 nitrogen and oxygen atoms in total. The number of hydrogen-bond donors (Lipinski definition) is 2. The van der Waals surface area contributed by atoms with E-state index in [4.69, 9.17) is 9.47 Å². The first-order valence-corrected chi connectivity index (χ1v) is 9.54. The molecule has 150 valence electrons. The Morgan fingerprint density at radius 1 is 1.27 bits per heavy atom. The maximum absolute atomic E-state index is 12.7. The van der Waals surface area contributed by atoms with E-state index < -0.39 is 35.7 Å². The Balaban J connectivity index is 2.76. The number of ether oxygens (including phenoxy) is 2. The highest BCUT2D eigenvalue weighted by Gasteiger charge is 2.40. The highest BCUT2D eigenvalue weighted by molar-refractivity contribution is 5.90. The van der Waals surface area contributed by atoms with E-state index in [1.807, 2.05) is 13.8 Å². The molecule has 0 saturated carbocycles. The molecule has 26 heavy (non-hydrogen) atoms. The van der Waals surface area contributed by atoms with Crippen LogP contribution in [0.2, 0.25) is 0 Å². The molecule has 1 heterocycles. The van der Waals surface area contributed by atoms with Gasteiger partial charge in [0, 0.05) is 0 Å². The van der Waals surface area contributed by atoms with Crippen LogP contribution in [-0.2, 0) is 19.1 Å². The number of alkyl carbamates (subject to hydrolysis) is 1. The van der Waals surface area contributed by atoms with Gasteiger partial charge < -0.3 is 20.1 Å². The van der Waals surface area contributed by atoms with E-state index in [1.54, 1.807) is 20.8 Å². The molecule has 2 N–H and O–H groups in total. The molecule has 7 heteroatoms. The fourth-order valence-corrected chi connectivity index (χ4v) is 2.84. The van der Waals surface area contributed by atoms with E-state index in [0.29, 0.717) is 12.8 Å². The molecule has 0 aliphatic carbocycles. The standard InChI is InChI=1S/C19H34N2O5/c1-7-8-9-10-13-15(25-18(24)21-13)16(22)20-14(11-12(2)3)17(23)26-19(4,5)6/h12-15H,7-11H2,1-6H3,(H,20,22)(H,21,24)/t13-,14+,15+/m1/s1. The molecular weight excluding hydrogens is 336 g/mol. The highest BCUT2D eigenvalue weighted by Crippen LogP contribution is 2.18. The summed E-state index contributed by atoms with van der Waals surface area (Å²) < 4.78 is 10.6. The Bertz CT molecular complexity index is 499. The second kappa shape index (κ2) is 9.78. The first-order chi connectivity index (χ1) is 12.0. The lowest BCUT2D eigenvalue weighted by Crippen LogP contribution is -2.51. The normalized spacial score (nSPS) is 21.1. The number of rotatable bonds is 9. The van der Waals surface area contributed by atoms with Crippen LogP contribution >= 0.6 is 0 Å². The van der Waals surface area contributed by atoms with Crippen molar-refractivity contribution >= 4 is 18.0 Å². The van der Waals surface area contributed by atoms with Crippen LogP contribution in [0.25, 0.3) is 0 Å². The molecule has 0 unspecified atom stereocenters. The molecular formula is C19H34N2O5. The van der Waals surface area contributed by atoms with Gasteiger partial charge in [-0.3, -0.25) is 4.79 Å². The largest absolute Gasteiger partial charge is 0.458 e. The molecule has 0 aromatic carbocycles. The Labute approximate surface area is 156 Å². The monoisotopic (exact) mass is 370 g/mol. The Kier molecular flexibility index (Phi) is 8.37. The van der Waals surface area contributed by atoms with Crippen molar-refractivity contribution in [2.24, 2.45) is 5.92 Å². The summed E-state index contributed by atoms with van der Waals surface area (Å²) in [5.74, 6) is -0.738. The van der Waals surface area contributed by atoms with Gasteiger partial charge in [0.15, 0.2) is 0 Å². The summed E-state index contributed by atoms with van der Waals surface area (Å²) >= 11 is 0. The first-order valence-electron chi connectivity index (χ1n) is 9.54. The van der Waals surface area contributed by atoms with E-state index in [9.17, 15) is 14.4 Å². The third kappa shape index (κ3) is 7.62. The molecule has 2 amide bonds. The number of nitrogens with one attached hydrogen (secondary N) is 2. The van der Waals surface area contributed by atoms with Gasteiger partial charge in [-0.2, -0.15) is 0 Å². The van der Waals surface area contributed by atoms with Crippen LogP contribution in [0, 0.1) is 5.92 Å². The third-order valence-corrected chi connectivity index (χ3v) is 3.99. The fraction of sp³-hybridized carbons (Fsp3) is 0.842. The van der Waals surface area contributed by atoms with E-state index in [-0.39, 0.29) is 12.0 Å². The van der Waals surface area contributed by atoms with Crippen LogP contribution < -0.4 is 10.6 Å². The van der Waals surface area contributed by atoms with Gasteiger partial charge in [-0.15, -0.1) is 0 Å². The van der Waals surface area contributed by atoms with Crippen molar-refractivity contribution < 1.29 is 23.9 Å². The summed E-state index contributed by atoms with van der Waals surface area (Å²) in [6.07, 6.45) is 2.58. The molecule has 0 aromatic rings. The number of esters is 1. The van der Waals surface area contributed by atoms with Gasteiger partial charge in [0.1, 0.15) is 11.6 Å². The van der Waals surface area contributed by atoms with E-state index >= 15 is 0 Å². The highest BCUT2D eigenvalue weighted by atomic mass is 16.6. The lowest BCUT2D eigenvalue weighted by molar-refractivity contribution is -0.159. The number of hydrogen-bond acceptors (Lipinski definition) is 5. The predicted molar refractivity (Wildman–Crippen MR) is 98.6 cm³/mol. The minimum absolute atomic E-state index is 0.192. The minimum Gasteiger partial charge on any atom is -0.458 e. The van der Waals surface area contributed by atoms with Crippen LogP contribution in [0.4, 0.5) is 4.79 Å². The second-order valence-corrected chi connectivity index (χ2v) is 8.30. The number of carbonyl (C=O) groups excluding carboxylic acids is 3. The number of carbonyl (C=O) groups is 3. The lowest BCUT2D eigenvalue weighted by Gasteiger charge is -2.26. The second-order valence-electron chi connectivity index (χ2n) is 8.30. The number of unbranched alkanes of at least 4 members (excludes halogenated alkanes) is 2. The molecule has 0 radical (unpaired) electrons. The van der Waals surface area contributed by atoms with Gasteiger partial charge in [-0.1, -0.05) is 40.0 Å². The average molecular weight is 370 g/mol. The van der Waals surface area contributed by atoms with Gasteiger partial charge in [0.05, 0.1) is 6.04 Å². The molecule has 1 aliphatic rings. The first kappa shape index (κ1) is 22.3. The van der Waals surface area contributed by atoms with Gasteiger partial charge in [0.25, 0.3) is 5.91 Å². The summed E-state index contributed by atoms with van der Waals surface area (Å²) in [6, 6.07) is -1.13. The Hall–Kier alpha value is -1.79. The van der Waals surface area contributed by atoms with E-state index in [2.05, 4.69) is 17.6 Å². The van der Waals surface area contributed by atoms with Crippen LogP contribution in [0.5, 0.6) is 0 Å². The SMILES string of the molecule is CCCCC[C@H]1NC(=O)O[C@@H]1C(=O)N[C@@H](CC(C)C)C(=O)OC(C)(C)C. The van der Waals surface area contributed by atoms with Crippen molar-refractivity contribution in [3.05, 3.63) is 0 Å². The van der Waals surface area contributed by atoms with Gasteiger partial charge in [-0.05, 0) is 39.5 Å². The van der Waals surface area contributed by atoms with Gasteiger partial charge >= 0.3 is 12.1 Å². The molecule has 1 aliphatic heterocycles. The van der Waals surface area contributed by atoms with Crippen molar-refractivity contribution in [1.29, 1.82) is 0 Å². The van der Waals surface area contributed by atoms with E-state index in [1.165, 1.54) is 0 Å². The van der Waals surface area contributed by atoms with Crippen LogP contribution in [0.15, 0.2) is 0 Å². The summed E-state index contributed by atoms with van der Waals surface area (Å²) in [4.78, 5) is 36.7. The average Bonchev–Trinajstić information content (AvgIpc) is 2.85. The fourth-order valence-electron chi connectivity index (χ4n) is 2.84. The summed E-state index contributed by atoms with van der Waals surface area (Å²) in [7, 11) is 0. The smallest absolute Gasteiger partial charge is 0.408 e. The predicted octanol–water partition coefficient (Wildman–Crippen LogP) is 2.92. The van der Waals surface area contributed by atoms with Crippen molar-refractivity contribution in [3.63, 3.8) is 0 Å². The topological polar surface area (TPSA) is 93.7 Å². The Morgan fingerprint density at radius 2 is 1.92 bits per heavy atom. The van der Waals surface area contributed by atoms with Crippen molar-refractivity contribution in [3.8, 4) is 0 Å². The van der Waals surface area contributed by atoms with Gasteiger partial charge in [-0.25, -0.2) is 9.59 Å². The summed E-state index contributed by atoms with van der Waals surface area (Å²) in [5.41, 5.74) is -0.638. The molecule has 1 fully saturated rings. The zero-order chi connectivity index (χ0) is 19.9. The maximum atomic E-state index is 12.7. The number of amides is 2. The quantitative estimate of drug-likeness (QED) is 0.481. The maximum Gasteiger partial charge on any atom is 0.408 e. The Morgan fingerprint density at radius 3 is 2.46 bits per heavy atom. The van der Waals surface area contributed by atoms with Crippen LogP contribution in [0.3, 0.4) is 0 Å². The van der Waals surface area contributed by atoms with Crippen LogP contribution in [0.1, 0.15) is 73.6 Å². The molecule has 3 atom stereocenters. The van der Waals surface area contributed by atoms with Crippen LogP contribution in [-0.4, -0.2) is 41.8 Å². The van der Waals surface area contributed by atoms with Crippen molar-refractivity contribution in [2.45, 2.75) is 97.4 Å². The zero-order valence-electron chi connectivity index (χ0n) is 16.9. The molecule has 1 saturated heterocycles. The summed E-state index contributed by atoms with van der Waals surface area (Å²) in [6.45, 7) is 11.4. The van der Waals surface area contributed by atoms with E-state index in [0.717, 1.165) is 19.3 Å². The number of cyclic esters (lactones) is 1. The summed E-state index contributed by atoms with van der Waals surface area (Å²) in [5, 5.41) is 5.41. The minimum atomic E-state index is -0.920. The van der Waals surface area contributed by atoms with Crippen molar-refractivity contribution in [2.75, 3.05) is 0 Å². The third-order valence-electron chi connectivity index (χ3n) is 3.99. The molecule has 0 aromatic heterocycles. The molecule has 1 rings (SSSR count).